The maximum Gasteiger partial charge on any atom is 0.212 e. The van der Waals surface area contributed by atoms with Crippen LogP contribution in [0.4, 0.5) is 0 Å². The molecule has 0 saturated heterocycles. The van der Waals surface area contributed by atoms with E-state index in [9.17, 15) is 0 Å². The molecule has 2 aromatic rings. The van der Waals surface area contributed by atoms with Gasteiger partial charge < -0.3 is 0 Å². The van der Waals surface area contributed by atoms with Crippen LogP contribution in [0.2, 0.25) is 0 Å². The Kier molecular flexibility index (Phi) is 2.15. The quantitative estimate of drug-likeness (QED) is 0.660. The number of aryl methyl sites for hydroxylation is 5. The SMILES string of the molecule is [2H]C([2H])([2H])c1ccc(-c2cc(C)c(C)cc2C)[n+](C)c1. The highest BCUT2D eigenvalue weighted by Gasteiger charge is 2.13. The minimum absolute atomic E-state index is 0.366. The number of hydrogen-bond acceptors (Lipinski definition) is 0. The first-order valence-electron chi connectivity index (χ1n) is 7.28. The maximum absolute atomic E-state index is 7.47. The van der Waals surface area contributed by atoms with Gasteiger partial charge in [0.25, 0.3) is 0 Å². The minimum atomic E-state index is -2.06. The first-order valence-corrected chi connectivity index (χ1v) is 5.78. The van der Waals surface area contributed by atoms with E-state index in [0.29, 0.717) is 5.56 Å². The van der Waals surface area contributed by atoms with E-state index in [2.05, 4.69) is 32.9 Å². The smallest absolute Gasteiger partial charge is 0.201 e. The van der Waals surface area contributed by atoms with E-state index in [-0.39, 0.29) is 0 Å². The first-order chi connectivity index (χ1) is 9.20. The van der Waals surface area contributed by atoms with Gasteiger partial charge in [0, 0.05) is 21.3 Å². The molecular formula is C16H20N+. The molecule has 17 heavy (non-hydrogen) atoms. The average Bonchev–Trinajstić information content (AvgIpc) is 2.33. The molecule has 0 aliphatic rings. The Bertz CT molecular complexity index is 658. The number of pyridine rings is 1. The Morgan fingerprint density at radius 3 is 2.35 bits per heavy atom. The van der Waals surface area contributed by atoms with Crippen molar-refractivity contribution in [2.24, 2.45) is 7.05 Å². The van der Waals surface area contributed by atoms with Crippen molar-refractivity contribution in [2.45, 2.75) is 27.6 Å². The van der Waals surface area contributed by atoms with E-state index in [1.54, 1.807) is 12.3 Å². The molecule has 1 aromatic heterocycles. The number of rotatable bonds is 1. The fraction of sp³-hybridized carbons (Fsp3) is 0.312. The van der Waals surface area contributed by atoms with Crippen molar-refractivity contribution in [3.8, 4) is 11.3 Å². The first kappa shape index (κ1) is 8.46. The molecule has 0 amide bonds. The van der Waals surface area contributed by atoms with Gasteiger partial charge in [-0.05, 0) is 56.4 Å². The molecular weight excluding hydrogens is 206 g/mol. The molecule has 0 radical (unpaired) electrons. The predicted molar refractivity (Wildman–Crippen MR) is 72.0 cm³/mol. The number of hydrogen-bond donors (Lipinski definition) is 0. The van der Waals surface area contributed by atoms with Gasteiger partial charge in [0.05, 0.1) is 0 Å². The lowest BCUT2D eigenvalue weighted by atomic mass is 9.98. The molecule has 1 aromatic carbocycles. The fourth-order valence-corrected chi connectivity index (χ4v) is 2.12. The van der Waals surface area contributed by atoms with Crippen molar-refractivity contribution in [3.63, 3.8) is 0 Å². The van der Waals surface area contributed by atoms with Crippen molar-refractivity contribution in [1.29, 1.82) is 0 Å². The van der Waals surface area contributed by atoms with Crippen LogP contribution in [0.15, 0.2) is 30.5 Å². The lowest BCUT2D eigenvalue weighted by molar-refractivity contribution is -0.660. The van der Waals surface area contributed by atoms with Gasteiger partial charge in [0.15, 0.2) is 6.20 Å². The third-order valence-electron chi connectivity index (χ3n) is 3.25. The van der Waals surface area contributed by atoms with Crippen LogP contribution in [0.25, 0.3) is 11.3 Å². The third-order valence-corrected chi connectivity index (χ3v) is 3.25. The molecule has 0 bridgehead atoms. The summed E-state index contributed by atoms with van der Waals surface area (Å²) in [6, 6.07) is 7.91. The Labute approximate surface area is 108 Å². The largest absolute Gasteiger partial charge is 0.212 e. The van der Waals surface area contributed by atoms with E-state index >= 15 is 0 Å². The summed E-state index contributed by atoms with van der Waals surface area (Å²) < 4.78 is 24.3. The van der Waals surface area contributed by atoms with Crippen LogP contribution in [0.1, 0.15) is 26.4 Å². The highest BCUT2D eigenvalue weighted by atomic mass is 14.9. The summed E-state index contributed by atoms with van der Waals surface area (Å²) >= 11 is 0. The van der Waals surface area contributed by atoms with E-state index < -0.39 is 6.85 Å². The minimum Gasteiger partial charge on any atom is -0.201 e. The van der Waals surface area contributed by atoms with Gasteiger partial charge in [-0.15, -0.1) is 0 Å². The van der Waals surface area contributed by atoms with Crippen LogP contribution >= 0.6 is 0 Å². The average molecular weight is 229 g/mol. The second kappa shape index (κ2) is 4.33. The summed E-state index contributed by atoms with van der Waals surface area (Å²) in [6.07, 6.45) is 1.69. The predicted octanol–water partition coefficient (Wildman–Crippen LogP) is 3.41. The summed E-state index contributed by atoms with van der Waals surface area (Å²) in [5, 5.41) is 0. The Hall–Kier alpha value is -1.63. The van der Waals surface area contributed by atoms with E-state index in [1.807, 2.05) is 17.7 Å². The van der Waals surface area contributed by atoms with Crippen molar-refractivity contribution in [3.05, 3.63) is 52.7 Å². The molecule has 1 heterocycles. The molecule has 0 aliphatic carbocycles. The van der Waals surface area contributed by atoms with Crippen LogP contribution < -0.4 is 4.57 Å². The number of aromatic nitrogens is 1. The van der Waals surface area contributed by atoms with Gasteiger partial charge >= 0.3 is 0 Å². The van der Waals surface area contributed by atoms with Gasteiger partial charge in [0.1, 0.15) is 7.05 Å². The molecule has 0 aliphatic heterocycles. The standard InChI is InChI=1S/C16H20N/c1-11-6-7-16(17(5)10-11)15-9-13(3)12(2)8-14(15)4/h6-10H,1-5H3/q+1/i1D3. The monoisotopic (exact) mass is 229 g/mol. The van der Waals surface area contributed by atoms with Crippen molar-refractivity contribution in [1.82, 2.24) is 0 Å². The molecule has 0 N–H and O–H groups in total. The van der Waals surface area contributed by atoms with Gasteiger partial charge in [0.2, 0.25) is 5.69 Å². The molecule has 0 unspecified atom stereocenters. The second-order valence-electron chi connectivity index (χ2n) is 4.67. The second-order valence-corrected chi connectivity index (χ2v) is 4.67. The molecule has 88 valence electrons. The highest BCUT2D eigenvalue weighted by Crippen LogP contribution is 2.23. The van der Waals surface area contributed by atoms with E-state index in [0.717, 1.165) is 11.3 Å². The molecule has 0 saturated carbocycles. The van der Waals surface area contributed by atoms with Crippen molar-refractivity contribution >= 4 is 0 Å². The molecule has 1 nitrogen and oxygen atoms in total. The lowest BCUT2D eigenvalue weighted by Crippen LogP contribution is -2.31. The van der Waals surface area contributed by atoms with Crippen LogP contribution in [-0.4, -0.2) is 0 Å². The van der Waals surface area contributed by atoms with Crippen LogP contribution in [0, 0.1) is 27.6 Å². The molecule has 0 fully saturated rings. The summed E-state index contributed by atoms with van der Waals surface area (Å²) in [5.74, 6) is 0. The zero-order valence-electron chi connectivity index (χ0n) is 13.8. The molecule has 0 atom stereocenters. The van der Waals surface area contributed by atoms with Gasteiger partial charge in [-0.2, -0.15) is 0 Å². The summed E-state index contributed by atoms with van der Waals surface area (Å²) in [4.78, 5) is 0. The van der Waals surface area contributed by atoms with Gasteiger partial charge in [-0.3, -0.25) is 0 Å². The van der Waals surface area contributed by atoms with E-state index in [4.69, 9.17) is 4.11 Å². The Morgan fingerprint density at radius 1 is 1.00 bits per heavy atom. The highest BCUT2D eigenvalue weighted by molar-refractivity contribution is 5.63. The fourth-order valence-electron chi connectivity index (χ4n) is 2.12. The zero-order chi connectivity index (χ0) is 15.1. The maximum atomic E-state index is 7.47. The number of benzene rings is 1. The van der Waals surface area contributed by atoms with Crippen LogP contribution in [0.5, 0.6) is 0 Å². The van der Waals surface area contributed by atoms with Crippen LogP contribution in [-0.2, 0) is 7.05 Å². The molecule has 0 spiro atoms. The molecule has 2 rings (SSSR count). The normalized spacial score (nSPS) is 14.0. The van der Waals surface area contributed by atoms with Gasteiger partial charge in [-0.1, -0.05) is 6.07 Å². The van der Waals surface area contributed by atoms with E-state index in [1.165, 1.54) is 16.7 Å². The van der Waals surface area contributed by atoms with Crippen molar-refractivity contribution < 1.29 is 8.68 Å². The summed E-state index contributed by atoms with van der Waals surface area (Å²) in [7, 11) is 1.89. The summed E-state index contributed by atoms with van der Waals surface area (Å²) in [6.45, 7) is 4.22. The number of nitrogens with zero attached hydrogens (tertiary/aromatic N) is 1. The third kappa shape index (κ3) is 2.23. The Balaban J connectivity index is 2.57. The van der Waals surface area contributed by atoms with Gasteiger partial charge in [-0.25, -0.2) is 4.57 Å². The topological polar surface area (TPSA) is 3.88 Å². The molecule has 1 heteroatoms. The zero-order valence-corrected chi connectivity index (χ0v) is 10.8. The summed E-state index contributed by atoms with van der Waals surface area (Å²) in [5.41, 5.74) is 6.25. The van der Waals surface area contributed by atoms with Crippen molar-refractivity contribution in [2.75, 3.05) is 0 Å². The lowest BCUT2D eigenvalue weighted by Gasteiger charge is -2.08. The van der Waals surface area contributed by atoms with Crippen LogP contribution in [0.3, 0.4) is 0 Å². The Morgan fingerprint density at radius 2 is 1.71 bits per heavy atom.